The fraction of sp³-hybridized carbons (Fsp3) is 0.682. The first kappa shape index (κ1) is 16.0. The van der Waals surface area contributed by atoms with Crippen LogP contribution in [0.1, 0.15) is 58.3 Å². The first-order valence-corrected chi connectivity index (χ1v) is 9.42. The summed E-state index contributed by atoms with van der Waals surface area (Å²) < 4.78 is 0. The van der Waals surface area contributed by atoms with Gasteiger partial charge in [0.1, 0.15) is 5.60 Å². The molecule has 2 heteroatoms. The van der Waals surface area contributed by atoms with Crippen LogP contribution in [-0.4, -0.2) is 16.5 Å². The summed E-state index contributed by atoms with van der Waals surface area (Å²) in [6.07, 6.45) is 15.2. The van der Waals surface area contributed by atoms with Crippen LogP contribution >= 0.6 is 0 Å². The quantitative estimate of drug-likeness (QED) is 0.693. The molecule has 3 fully saturated rings. The number of carbonyl (C=O) groups is 1. The molecule has 6 unspecified atom stereocenters. The standard InChI is InChI=1S/C22H26O2/c1-3-4-11-22(24)13-10-20-19-7-5-15-14-16(23)6-8-17(15)18(19)9-12-21(20,22)2/h1,14,17-20,24H,5-10,12-13H2,2H3. The fourth-order valence-corrected chi connectivity index (χ4v) is 6.54. The third-order valence-electron chi connectivity index (χ3n) is 7.79. The maximum Gasteiger partial charge on any atom is 0.155 e. The summed E-state index contributed by atoms with van der Waals surface area (Å²) in [5.41, 5.74) is 0.355. The normalized spacial score (nSPS) is 46.5. The SMILES string of the molecule is C#CC#CC1(O)CCC2C3CCC4=CC(=O)CCC4C3CCC21C. The van der Waals surface area contributed by atoms with Gasteiger partial charge in [-0.2, -0.15) is 0 Å². The Morgan fingerprint density at radius 1 is 1.17 bits per heavy atom. The van der Waals surface area contributed by atoms with Crippen molar-refractivity contribution in [1.29, 1.82) is 0 Å². The first-order valence-electron chi connectivity index (χ1n) is 9.42. The van der Waals surface area contributed by atoms with Crippen LogP contribution in [0.5, 0.6) is 0 Å². The van der Waals surface area contributed by atoms with Gasteiger partial charge in [0.05, 0.1) is 0 Å². The van der Waals surface area contributed by atoms with Gasteiger partial charge in [-0.1, -0.05) is 18.4 Å². The third-order valence-corrected chi connectivity index (χ3v) is 7.79. The van der Waals surface area contributed by atoms with Gasteiger partial charge in [-0.3, -0.25) is 4.79 Å². The van der Waals surface area contributed by atoms with Crippen molar-refractivity contribution >= 4 is 5.78 Å². The van der Waals surface area contributed by atoms with Gasteiger partial charge in [0.25, 0.3) is 0 Å². The molecule has 0 aromatic rings. The van der Waals surface area contributed by atoms with E-state index in [9.17, 15) is 9.90 Å². The van der Waals surface area contributed by atoms with Crippen LogP contribution in [0.15, 0.2) is 11.6 Å². The van der Waals surface area contributed by atoms with Crippen molar-refractivity contribution in [1.82, 2.24) is 0 Å². The van der Waals surface area contributed by atoms with E-state index in [-0.39, 0.29) is 5.41 Å². The van der Waals surface area contributed by atoms with E-state index in [4.69, 9.17) is 6.42 Å². The molecule has 0 radical (unpaired) electrons. The van der Waals surface area contributed by atoms with Crippen molar-refractivity contribution in [3.8, 4) is 24.2 Å². The Labute approximate surface area is 145 Å². The summed E-state index contributed by atoms with van der Waals surface area (Å²) in [6, 6.07) is 0. The second kappa shape index (κ2) is 5.50. The lowest BCUT2D eigenvalue weighted by Crippen LogP contribution is -2.52. The van der Waals surface area contributed by atoms with Crippen LogP contribution in [0.3, 0.4) is 0 Å². The van der Waals surface area contributed by atoms with E-state index in [1.165, 1.54) is 12.0 Å². The molecule has 0 saturated heterocycles. The minimum atomic E-state index is -0.923. The molecule has 0 spiro atoms. The second-order valence-corrected chi connectivity index (χ2v) is 8.55. The van der Waals surface area contributed by atoms with E-state index in [0.717, 1.165) is 44.9 Å². The highest BCUT2D eigenvalue weighted by Crippen LogP contribution is 2.64. The molecule has 126 valence electrons. The number of rotatable bonds is 0. The fourth-order valence-electron chi connectivity index (χ4n) is 6.54. The minimum absolute atomic E-state index is 0.135. The van der Waals surface area contributed by atoms with Crippen molar-refractivity contribution < 1.29 is 9.90 Å². The average Bonchev–Trinajstić information content (AvgIpc) is 2.84. The van der Waals surface area contributed by atoms with Crippen molar-refractivity contribution in [2.24, 2.45) is 29.1 Å². The van der Waals surface area contributed by atoms with Gasteiger partial charge in [0, 0.05) is 11.8 Å². The maximum atomic E-state index is 11.8. The molecule has 6 atom stereocenters. The molecule has 0 aromatic carbocycles. The number of terminal acetylenes is 1. The monoisotopic (exact) mass is 322 g/mol. The highest BCUT2D eigenvalue weighted by molar-refractivity contribution is 5.91. The summed E-state index contributed by atoms with van der Waals surface area (Å²) in [7, 11) is 0. The van der Waals surface area contributed by atoms with Gasteiger partial charge in [0.2, 0.25) is 0 Å². The highest BCUT2D eigenvalue weighted by Gasteiger charge is 2.62. The van der Waals surface area contributed by atoms with E-state index in [1.54, 1.807) is 0 Å². The zero-order valence-corrected chi connectivity index (χ0v) is 14.5. The Morgan fingerprint density at radius 3 is 2.79 bits per heavy atom. The van der Waals surface area contributed by atoms with E-state index in [2.05, 4.69) is 24.7 Å². The Kier molecular flexibility index (Phi) is 3.67. The average molecular weight is 322 g/mol. The van der Waals surface area contributed by atoms with E-state index in [0.29, 0.717) is 29.5 Å². The molecule has 1 N–H and O–H groups in total. The van der Waals surface area contributed by atoms with Crippen LogP contribution < -0.4 is 0 Å². The lowest BCUT2D eigenvalue weighted by atomic mass is 9.50. The molecular weight excluding hydrogens is 296 g/mol. The Bertz CT molecular complexity index is 700. The predicted molar refractivity (Wildman–Crippen MR) is 93.7 cm³/mol. The molecule has 4 aliphatic rings. The third kappa shape index (κ3) is 2.13. The lowest BCUT2D eigenvalue weighted by Gasteiger charge is -2.54. The summed E-state index contributed by atoms with van der Waals surface area (Å²) in [5.74, 6) is 10.9. The zero-order chi connectivity index (χ0) is 16.9. The number of hydrogen-bond acceptors (Lipinski definition) is 2. The van der Waals surface area contributed by atoms with Crippen LogP contribution in [0, 0.1) is 53.3 Å². The summed E-state index contributed by atoms with van der Waals surface area (Å²) in [6.45, 7) is 2.24. The molecule has 0 bridgehead atoms. The first-order chi connectivity index (χ1) is 11.5. The molecular formula is C22H26O2. The molecule has 3 saturated carbocycles. The molecule has 0 aliphatic heterocycles. The topological polar surface area (TPSA) is 37.3 Å². The van der Waals surface area contributed by atoms with Gasteiger partial charge in [0.15, 0.2) is 5.78 Å². The molecule has 2 nitrogen and oxygen atoms in total. The Balaban J connectivity index is 1.64. The molecule has 4 rings (SSSR count). The van der Waals surface area contributed by atoms with Crippen molar-refractivity contribution in [2.45, 2.75) is 63.9 Å². The summed E-state index contributed by atoms with van der Waals surface area (Å²) in [5, 5.41) is 11.2. The number of carbonyl (C=O) groups excluding carboxylic acids is 1. The summed E-state index contributed by atoms with van der Waals surface area (Å²) in [4.78, 5) is 11.8. The number of allylic oxidation sites excluding steroid dienone is 1. The number of ketones is 1. The van der Waals surface area contributed by atoms with E-state index in [1.807, 2.05) is 6.08 Å². The molecule has 0 heterocycles. The van der Waals surface area contributed by atoms with E-state index >= 15 is 0 Å². The van der Waals surface area contributed by atoms with Gasteiger partial charge in [-0.05, 0) is 86.5 Å². The number of fused-ring (bicyclic) bond motifs is 5. The van der Waals surface area contributed by atoms with Crippen molar-refractivity contribution in [2.75, 3.05) is 0 Å². The van der Waals surface area contributed by atoms with Crippen LogP contribution in [0.2, 0.25) is 0 Å². The van der Waals surface area contributed by atoms with Gasteiger partial charge >= 0.3 is 0 Å². The van der Waals surface area contributed by atoms with Gasteiger partial charge in [-0.25, -0.2) is 0 Å². The molecule has 4 aliphatic carbocycles. The lowest BCUT2D eigenvalue weighted by molar-refractivity contribution is -0.116. The Hall–Kier alpha value is -1.51. The molecule has 0 aromatic heterocycles. The molecule has 0 amide bonds. The van der Waals surface area contributed by atoms with Crippen molar-refractivity contribution in [3.05, 3.63) is 11.6 Å². The maximum absolute atomic E-state index is 11.8. The van der Waals surface area contributed by atoms with Gasteiger partial charge < -0.3 is 5.11 Å². The second-order valence-electron chi connectivity index (χ2n) is 8.55. The van der Waals surface area contributed by atoms with Crippen LogP contribution in [-0.2, 0) is 4.79 Å². The highest BCUT2D eigenvalue weighted by atomic mass is 16.3. The largest absolute Gasteiger partial charge is 0.377 e. The van der Waals surface area contributed by atoms with Crippen LogP contribution in [0.4, 0.5) is 0 Å². The summed E-state index contributed by atoms with van der Waals surface area (Å²) >= 11 is 0. The number of aliphatic hydroxyl groups is 1. The zero-order valence-electron chi connectivity index (χ0n) is 14.5. The smallest absolute Gasteiger partial charge is 0.155 e. The minimum Gasteiger partial charge on any atom is -0.377 e. The molecule has 24 heavy (non-hydrogen) atoms. The van der Waals surface area contributed by atoms with E-state index < -0.39 is 5.60 Å². The van der Waals surface area contributed by atoms with Crippen LogP contribution in [0.25, 0.3) is 0 Å². The number of hydrogen-bond donors (Lipinski definition) is 1. The Morgan fingerprint density at radius 2 is 2.00 bits per heavy atom. The van der Waals surface area contributed by atoms with Crippen molar-refractivity contribution in [3.63, 3.8) is 0 Å². The van der Waals surface area contributed by atoms with Gasteiger partial charge in [-0.15, -0.1) is 6.42 Å². The predicted octanol–water partition coefficient (Wildman–Crippen LogP) is 3.50.